The summed E-state index contributed by atoms with van der Waals surface area (Å²) in [6.45, 7) is 3.77. The highest BCUT2D eigenvalue weighted by Gasteiger charge is 2.08. The molecule has 6 nitrogen and oxygen atoms in total. The summed E-state index contributed by atoms with van der Waals surface area (Å²) in [5.74, 6) is 2.40. The minimum absolute atomic E-state index is 0. The number of aromatic nitrogens is 1. The molecular formula is C21H31IN4O2. The molecule has 154 valence electrons. The first-order valence-electron chi connectivity index (χ1n) is 9.11. The Balaban J connectivity index is 0.00000392. The van der Waals surface area contributed by atoms with E-state index in [1.807, 2.05) is 38.6 Å². The fourth-order valence-corrected chi connectivity index (χ4v) is 2.92. The van der Waals surface area contributed by atoms with Crippen LogP contribution in [0.3, 0.4) is 0 Å². The zero-order valence-corrected chi connectivity index (χ0v) is 19.7. The number of ether oxygens (including phenoxy) is 2. The van der Waals surface area contributed by atoms with Gasteiger partial charge in [-0.25, -0.2) is 0 Å². The number of hydrogen-bond acceptors (Lipinski definition) is 4. The molecule has 0 amide bonds. The van der Waals surface area contributed by atoms with Crippen molar-refractivity contribution in [2.75, 3.05) is 41.4 Å². The molecule has 0 aliphatic carbocycles. The lowest BCUT2D eigenvalue weighted by molar-refractivity contribution is 0.354. The second kappa shape index (κ2) is 12.4. The van der Waals surface area contributed by atoms with Gasteiger partial charge >= 0.3 is 0 Å². The number of halogens is 1. The number of likely N-dealkylation sites (N-methyl/N-ethyl adjacent to an activating group) is 1. The number of benzene rings is 1. The Bertz CT molecular complexity index is 768. The normalized spacial score (nSPS) is 10.8. The highest BCUT2D eigenvalue weighted by atomic mass is 127. The molecule has 0 unspecified atom stereocenters. The number of methoxy groups -OCH3 is 2. The SMILES string of the molecule is CN=C(NCCc1ccncc1C)N(C)CCc1ccc(OC)c(OC)c1.I. The summed E-state index contributed by atoms with van der Waals surface area (Å²) in [5, 5.41) is 3.43. The molecule has 0 saturated heterocycles. The number of guanidine groups is 1. The quantitative estimate of drug-likeness (QED) is 0.344. The van der Waals surface area contributed by atoms with Crippen LogP contribution in [0, 0.1) is 6.92 Å². The smallest absolute Gasteiger partial charge is 0.193 e. The van der Waals surface area contributed by atoms with Gasteiger partial charge in [0.1, 0.15) is 0 Å². The molecule has 0 spiro atoms. The van der Waals surface area contributed by atoms with E-state index in [1.165, 1.54) is 16.7 Å². The molecular weight excluding hydrogens is 467 g/mol. The minimum atomic E-state index is 0. The Morgan fingerprint density at radius 3 is 2.54 bits per heavy atom. The minimum Gasteiger partial charge on any atom is -0.493 e. The molecule has 1 heterocycles. The van der Waals surface area contributed by atoms with Crippen LogP contribution in [0.25, 0.3) is 0 Å². The molecule has 2 rings (SSSR count). The van der Waals surface area contributed by atoms with Crippen molar-refractivity contribution >= 4 is 29.9 Å². The Hall–Kier alpha value is -2.03. The van der Waals surface area contributed by atoms with Gasteiger partial charge in [0, 0.05) is 39.6 Å². The summed E-state index contributed by atoms with van der Waals surface area (Å²) >= 11 is 0. The van der Waals surface area contributed by atoms with Crippen LogP contribution < -0.4 is 14.8 Å². The van der Waals surface area contributed by atoms with Gasteiger partial charge in [0.05, 0.1) is 14.2 Å². The van der Waals surface area contributed by atoms with Crippen LogP contribution >= 0.6 is 24.0 Å². The third-order valence-corrected chi connectivity index (χ3v) is 4.57. The number of aryl methyl sites for hydroxylation is 1. The van der Waals surface area contributed by atoms with Gasteiger partial charge in [0.2, 0.25) is 0 Å². The number of nitrogens with zero attached hydrogens (tertiary/aromatic N) is 3. The lowest BCUT2D eigenvalue weighted by atomic mass is 10.1. The Morgan fingerprint density at radius 1 is 1.14 bits per heavy atom. The van der Waals surface area contributed by atoms with Crippen molar-refractivity contribution in [2.24, 2.45) is 4.99 Å². The van der Waals surface area contributed by atoms with Gasteiger partial charge in [-0.3, -0.25) is 9.98 Å². The van der Waals surface area contributed by atoms with Crippen LogP contribution in [-0.2, 0) is 12.8 Å². The number of rotatable bonds is 8. The van der Waals surface area contributed by atoms with E-state index in [-0.39, 0.29) is 24.0 Å². The van der Waals surface area contributed by atoms with E-state index >= 15 is 0 Å². The summed E-state index contributed by atoms with van der Waals surface area (Å²) in [4.78, 5) is 10.7. The lowest BCUT2D eigenvalue weighted by Gasteiger charge is -2.22. The van der Waals surface area contributed by atoms with E-state index in [9.17, 15) is 0 Å². The summed E-state index contributed by atoms with van der Waals surface area (Å²) in [6, 6.07) is 8.10. The van der Waals surface area contributed by atoms with Crippen molar-refractivity contribution in [3.8, 4) is 11.5 Å². The predicted molar refractivity (Wildman–Crippen MR) is 125 cm³/mol. The Morgan fingerprint density at radius 2 is 1.89 bits per heavy atom. The first kappa shape index (κ1) is 24.0. The van der Waals surface area contributed by atoms with Crippen LogP contribution in [0.15, 0.2) is 41.7 Å². The highest BCUT2D eigenvalue weighted by molar-refractivity contribution is 14.0. The number of aliphatic imine (C=N–C) groups is 1. The standard InChI is InChI=1S/C21H30N4O2.HI/c1-16-15-23-11-8-18(16)9-12-24-21(22-2)25(3)13-10-17-6-7-19(26-4)20(14-17)27-5;/h6-8,11,14-15H,9-10,12-13H2,1-5H3,(H,22,24);1H. The van der Waals surface area contributed by atoms with Gasteiger partial charge in [0.15, 0.2) is 17.5 Å². The first-order valence-corrected chi connectivity index (χ1v) is 9.11. The fourth-order valence-electron chi connectivity index (χ4n) is 2.92. The van der Waals surface area contributed by atoms with Gasteiger partial charge in [-0.2, -0.15) is 0 Å². The van der Waals surface area contributed by atoms with E-state index in [4.69, 9.17) is 9.47 Å². The van der Waals surface area contributed by atoms with Crippen LogP contribution in [0.2, 0.25) is 0 Å². The van der Waals surface area contributed by atoms with Crippen LogP contribution in [0.4, 0.5) is 0 Å². The first-order chi connectivity index (χ1) is 13.1. The molecule has 7 heteroatoms. The highest BCUT2D eigenvalue weighted by Crippen LogP contribution is 2.27. The van der Waals surface area contributed by atoms with E-state index in [1.54, 1.807) is 14.2 Å². The lowest BCUT2D eigenvalue weighted by Crippen LogP contribution is -2.40. The van der Waals surface area contributed by atoms with Crippen molar-refractivity contribution in [3.63, 3.8) is 0 Å². The summed E-state index contributed by atoms with van der Waals surface area (Å²) in [7, 11) is 7.17. The predicted octanol–water partition coefficient (Wildman–Crippen LogP) is 3.32. The molecule has 0 radical (unpaired) electrons. The maximum absolute atomic E-state index is 5.38. The molecule has 2 aromatic rings. The molecule has 28 heavy (non-hydrogen) atoms. The number of hydrogen-bond donors (Lipinski definition) is 1. The maximum atomic E-state index is 5.38. The molecule has 0 atom stereocenters. The number of pyridine rings is 1. The Labute approximate surface area is 185 Å². The molecule has 0 bridgehead atoms. The van der Waals surface area contributed by atoms with Crippen LogP contribution in [0.5, 0.6) is 11.5 Å². The average Bonchev–Trinajstić information content (AvgIpc) is 2.70. The van der Waals surface area contributed by atoms with E-state index in [0.29, 0.717) is 0 Å². The summed E-state index contributed by atoms with van der Waals surface area (Å²) in [5.41, 5.74) is 3.72. The van der Waals surface area contributed by atoms with Crippen molar-refractivity contribution < 1.29 is 9.47 Å². The zero-order chi connectivity index (χ0) is 19.6. The third-order valence-electron chi connectivity index (χ3n) is 4.57. The topological polar surface area (TPSA) is 59.0 Å². The van der Waals surface area contributed by atoms with Crippen molar-refractivity contribution in [3.05, 3.63) is 53.3 Å². The molecule has 1 aromatic heterocycles. The third kappa shape index (κ3) is 6.85. The monoisotopic (exact) mass is 498 g/mol. The van der Waals surface area contributed by atoms with Crippen LogP contribution in [0.1, 0.15) is 16.7 Å². The molecule has 0 fully saturated rings. The van der Waals surface area contributed by atoms with E-state index in [2.05, 4.69) is 39.2 Å². The molecule has 1 aromatic carbocycles. The Kier molecular flexibility index (Phi) is 10.7. The zero-order valence-electron chi connectivity index (χ0n) is 17.4. The van der Waals surface area contributed by atoms with Gasteiger partial charge in [-0.1, -0.05) is 6.07 Å². The second-order valence-electron chi connectivity index (χ2n) is 6.39. The second-order valence-corrected chi connectivity index (χ2v) is 6.39. The van der Waals surface area contributed by atoms with Crippen molar-refractivity contribution in [1.82, 2.24) is 15.2 Å². The average molecular weight is 498 g/mol. The van der Waals surface area contributed by atoms with Gasteiger partial charge in [0.25, 0.3) is 0 Å². The van der Waals surface area contributed by atoms with E-state index < -0.39 is 0 Å². The molecule has 0 saturated carbocycles. The maximum Gasteiger partial charge on any atom is 0.193 e. The fraction of sp³-hybridized carbons (Fsp3) is 0.429. The van der Waals surface area contributed by atoms with Crippen molar-refractivity contribution in [2.45, 2.75) is 19.8 Å². The largest absolute Gasteiger partial charge is 0.493 e. The van der Waals surface area contributed by atoms with Gasteiger partial charge < -0.3 is 19.7 Å². The van der Waals surface area contributed by atoms with Gasteiger partial charge in [-0.05, 0) is 54.7 Å². The van der Waals surface area contributed by atoms with Crippen molar-refractivity contribution in [1.29, 1.82) is 0 Å². The molecule has 1 N–H and O–H groups in total. The van der Waals surface area contributed by atoms with E-state index in [0.717, 1.165) is 43.4 Å². The number of nitrogens with one attached hydrogen (secondary N) is 1. The summed E-state index contributed by atoms with van der Waals surface area (Å²) < 4.78 is 10.7. The molecule has 0 aliphatic heterocycles. The molecule has 0 aliphatic rings. The van der Waals surface area contributed by atoms with Gasteiger partial charge in [-0.15, -0.1) is 24.0 Å². The summed E-state index contributed by atoms with van der Waals surface area (Å²) in [6.07, 6.45) is 5.57. The van der Waals surface area contributed by atoms with Crippen LogP contribution in [-0.4, -0.2) is 57.2 Å².